The minimum Gasteiger partial charge on any atom is -0.507 e. The van der Waals surface area contributed by atoms with Crippen molar-refractivity contribution in [2.24, 2.45) is 0 Å². The average Bonchev–Trinajstić information content (AvgIpc) is 2.40. The second kappa shape index (κ2) is 5.59. The molecule has 0 saturated carbocycles. The van der Waals surface area contributed by atoms with Crippen molar-refractivity contribution in [2.75, 3.05) is 13.2 Å². The molecule has 18 heavy (non-hydrogen) atoms. The number of aromatic hydroxyl groups is 1. The van der Waals surface area contributed by atoms with Crippen LogP contribution in [0.3, 0.4) is 0 Å². The second-order valence-electron chi connectivity index (χ2n) is 4.49. The molecule has 2 N–H and O–H groups in total. The van der Waals surface area contributed by atoms with Crippen LogP contribution in [0.5, 0.6) is 5.75 Å². The van der Waals surface area contributed by atoms with Crippen molar-refractivity contribution < 1.29 is 15.0 Å². The lowest BCUT2D eigenvalue weighted by atomic mass is 10.0. The summed E-state index contributed by atoms with van der Waals surface area (Å²) in [6.45, 7) is 0.559. The van der Waals surface area contributed by atoms with Crippen LogP contribution in [0.15, 0.2) is 18.2 Å². The van der Waals surface area contributed by atoms with Crippen LogP contribution in [0.2, 0.25) is 5.02 Å². The predicted octanol–water partition coefficient (Wildman–Crippen LogP) is 2.03. The summed E-state index contributed by atoms with van der Waals surface area (Å²) in [5.74, 6) is -0.347. The lowest BCUT2D eigenvalue weighted by molar-refractivity contribution is 0.0500. The van der Waals surface area contributed by atoms with E-state index < -0.39 is 0 Å². The summed E-state index contributed by atoms with van der Waals surface area (Å²) in [7, 11) is 0. The van der Waals surface area contributed by atoms with Gasteiger partial charge in [0, 0.05) is 11.6 Å². The van der Waals surface area contributed by atoms with Crippen LogP contribution in [0.4, 0.5) is 0 Å². The number of hydrogen-bond acceptors (Lipinski definition) is 3. The van der Waals surface area contributed by atoms with Crippen LogP contribution in [0, 0.1) is 0 Å². The van der Waals surface area contributed by atoms with E-state index in [1.54, 1.807) is 4.90 Å². The highest BCUT2D eigenvalue weighted by atomic mass is 35.5. The molecule has 1 atom stereocenters. The molecule has 0 aromatic heterocycles. The molecular weight excluding hydrogens is 254 g/mol. The fourth-order valence-electron chi connectivity index (χ4n) is 2.29. The maximum absolute atomic E-state index is 12.3. The van der Waals surface area contributed by atoms with Gasteiger partial charge in [0.2, 0.25) is 0 Å². The summed E-state index contributed by atoms with van der Waals surface area (Å²) in [6, 6.07) is 4.24. The van der Waals surface area contributed by atoms with Crippen molar-refractivity contribution in [3.63, 3.8) is 0 Å². The normalized spacial score (nSPS) is 19.9. The molecular formula is C13H16ClNO3. The molecule has 2 rings (SSSR count). The Morgan fingerprint density at radius 1 is 1.44 bits per heavy atom. The molecule has 1 aliphatic heterocycles. The van der Waals surface area contributed by atoms with Gasteiger partial charge >= 0.3 is 0 Å². The number of amides is 1. The van der Waals surface area contributed by atoms with Crippen LogP contribution in [0.25, 0.3) is 0 Å². The third-order valence-electron chi connectivity index (χ3n) is 3.29. The van der Waals surface area contributed by atoms with Crippen molar-refractivity contribution >= 4 is 17.5 Å². The third-order valence-corrected chi connectivity index (χ3v) is 3.52. The van der Waals surface area contributed by atoms with Crippen molar-refractivity contribution in [3.05, 3.63) is 28.8 Å². The number of halogens is 1. The van der Waals surface area contributed by atoms with Gasteiger partial charge in [-0.1, -0.05) is 11.6 Å². The molecule has 1 aromatic rings. The maximum atomic E-state index is 12.3. The SMILES string of the molecule is O=C(c1cc(Cl)ccc1O)N1CCCCC1CO. The Hall–Kier alpha value is -1.26. The Balaban J connectivity index is 2.26. The fraction of sp³-hybridized carbons (Fsp3) is 0.462. The Morgan fingerprint density at radius 2 is 2.22 bits per heavy atom. The van der Waals surface area contributed by atoms with E-state index in [4.69, 9.17) is 11.6 Å². The summed E-state index contributed by atoms with van der Waals surface area (Å²) >= 11 is 5.84. The molecule has 0 aliphatic carbocycles. The molecule has 4 nitrogen and oxygen atoms in total. The van der Waals surface area contributed by atoms with Gasteiger partial charge in [0.25, 0.3) is 5.91 Å². The Bertz CT molecular complexity index is 450. The highest BCUT2D eigenvalue weighted by Crippen LogP contribution is 2.26. The summed E-state index contributed by atoms with van der Waals surface area (Å²) < 4.78 is 0. The fourth-order valence-corrected chi connectivity index (χ4v) is 2.46. The van der Waals surface area contributed by atoms with Crippen LogP contribution < -0.4 is 0 Å². The van der Waals surface area contributed by atoms with Crippen molar-refractivity contribution in [2.45, 2.75) is 25.3 Å². The summed E-state index contributed by atoms with van der Waals surface area (Å²) in [6.07, 6.45) is 2.73. The van der Waals surface area contributed by atoms with Gasteiger partial charge in [-0.25, -0.2) is 0 Å². The van der Waals surface area contributed by atoms with Crippen molar-refractivity contribution in [1.82, 2.24) is 4.90 Å². The highest BCUT2D eigenvalue weighted by Gasteiger charge is 2.28. The van der Waals surface area contributed by atoms with Crippen molar-refractivity contribution in [3.8, 4) is 5.75 Å². The molecule has 1 amide bonds. The molecule has 1 fully saturated rings. The number of rotatable bonds is 2. The predicted molar refractivity (Wildman–Crippen MR) is 68.9 cm³/mol. The average molecular weight is 270 g/mol. The number of hydrogen-bond donors (Lipinski definition) is 2. The molecule has 1 saturated heterocycles. The van der Waals surface area contributed by atoms with Gasteiger partial charge in [0.1, 0.15) is 5.75 Å². The van der Waals surface area contributed by atoms with E-state index in [2.05, 4.69) is 0 Å². The quantitative estimate of drug-likeness (QED) is 0.864. The summed E-state index contributed by atoms with van der Waals surface area (Å²) in [5.41, 5.74) is 0.197. The first kappa shape index (κ1) is 13.2. The largest absolute Gasteiger partial charge is 0.507 e. The van der Waals surface area contributed by atoms with E-state index in [1.165, 1.54) is 18.2 Å². The number of likely N-dealkylation sites (tertiary alicyclic amines) is 1. The second-order valence-corrected chi connectivity index (χ2v) is 4.93. The van der Waals surface area contributed by atoms with Gasteiger partial charge in [-0.2, -0.15) is 0 Å². The first-order valence-electron chi connectivity index (χ1n) is 6.04. The zero-order chi connectivity index (χ0) is 13.1. The minimum atomic E-state index is -0.270. The monoisotopic (exact) mass is 269 g/mol. The lowest BCUT2D eigenvalue weighted by Crippen LogP contribution is -2.45. The standard InChI is InChI=1S/C13H16ClNO3/c14-9-4-5-12(17)11(7-9)13(18)15-6-2-1-3-10(15)8-16/h4-5,7,10,16-17H,1-3,6,8H2. The molecule has 1 heterocycles. The number of aliphatic hydroxyl groups excluding tert-OH is 1. The number of nitrogens with zero attached hydrogens (tertiary/aromatic N) is 1. The number of phenols is 1. The molecule has 5 heteroatoms. The Labute approximate surface area is 111 Å². The number of phenolic OH excluding ortho intramolecular Hbond substituents is 1. The maximum Gasteiger partial charge on any atom is 0.257 e. The van der Waals surface area contributed by atoms with E-state index in [0.717, 1.165) is 19.3 Å². The molecule has 0 bridgehead atoms. The highest BCUT2D eigenvalue weighted by molar-refractivity contribution is 6.31. The van der Waals surface area contributed by atoms with Crippen LogP contribution in [0.1, 0.15) is 29.6 Å². The van der Waals surface area contributed by atoms with Gasteiger partial charge in [0.05, 0.1) is 18.2 Å². The van der Waals surface area contributed by atoms with Crippen molar-refractivity contribution in [1.29, 1.82) is 0 Å². The van der Waals surface area contributed by atoms with Gasteiger partial charge in [-0.15, -0.1) is 0 Å². The van der Waals surface area contributed by atoms with E-state index in [-0.39, 0.29) is 29.9 Å². The molecule has 98 valence electrons. The zero-order valence-electron chi connectivity index (χ0n) is 9.97. The number of aliphatic hydroxyl groups is 1. The van der Waals surface area contributed by atoms with E-state index in [9.17, 15) is 15.0 Å². The van der Waals surface area contributed by atoms with Crippen LogP contribution in [-0.2, 0) is 0 Å². The Kier molecular flexibility index (Phi) is 4.09. The minimum absolute atomic E-state index is 0.0485. The molecule has 1 aromatic carbocycles. The third kappa shape index (κ3) is 2.60. The zero-order valence-corrected chi connectivity index (χ0v) is 10.7. The molecule has 1 unspecified atom stereocenters. The topological polar surface area (TPSA) is 60.8 Å². The first-order valence-corrected chi connectivity index (χ1v) is 6.41. The molecule has 1 aliphatic rings. The van der Waals surface area contributed by atoms with Crippen LogP contribution >= 0.6 is 11.6 Å². The summed E-state index contributed by atoms with van der Waals surface area (Å²) in [5, 5.41) is 19.4. The number of piperidine rings is 1. The van der Waals surface area contributed by atoms with Gasteiger partial charge in [-0.3, -0.25) is 4.79 Å². The number of benzene rings is 1. The lowest BCUT2D eigenvalue weighted by Gasteiger charge is -2.34. The van der Waals surface area contributed by atoms with E-state index >= 15 is 0 Å². The summed E-state index contributed by atoms with van der Waals surface area (Å²) in [4.78, 5) is 14.0. The van der Waals surface area contributed by atoms with Gasteiger partial charge < -0.3 is 15.1 Å². The number of carbonyl (C=O) groups is 1. The molecule has 0 radical (unpaired) electrons. The Morgan fingerprint density at radius 3 is 2.94 bits per heavy atom. The smallest absolute Gasteiger partial charge is 0.257 e. The van der Waals surface area contributed by atoms with Crippen LogP contribution in [-0.4, -0.2) is 40.2 Å². The first-order chi connectivity index (χ1) is 8.63. The van der Waals surface area contributed by atoms with E-state index in [1.807, 2.05) is 0 Å². The van der Waals surface area contributed by atoms with E-state index in [0.29, 0.717) is 11.6 Å². The molecule has 0 spiro atoms. The number of carbonyl (C=O) groups excluding carboxylic acids is 1. The van der Waals surface area contributed by atoms with Gasteiger partial charge in [0.15, 0.2) is 0 Å². The van der Waals surface area contributed by atoms with Gasteiger partial charge in [-0.05, 0) is 37.5 Å².